The van der Waals surface area contributed by atoms with Crippen LogP contribution in [-0.4, -0.2) is 96.7 Å². The van der Waals surface area contributed by atoms with Gasteiger partial charge in [-0.3, -0.25) is 37.3 Å². The van der Waals surface area contributed by atoms with Crippen LogP contribution in [0.1, 0.15) is 363 Å². The van der Waals surface area contributed by atoms with Crippen LogP contribution in [0.25, 0.3) is 0 Å². The number of carbonyl (C=O) groups is 4. The maximum Gasteiger partial charge on any atom is 0.472 e. The summed E-state index contributed by atoms with van der Waals surface area (Å²) in [6, 6.07) is 0. The second-order valence-electron chi connectivity index (χ2n) is 27.1. The van der Waals surface area contributed by atoms with E-state index in [2.05, 4.69) is 65.8 Å². The SMILES string of the molecule is CCCCCC/C=C\C=C/CCCCCCCC(=O)OC[C@H](COP(=O)(O)OC[C@@H](O)COP(=O)(O)OC[C@@H](COC(=O)CCCCCCCCC(C)CC)OC(=O)CCCCCCCCCCCCCCC)OC(=O)CCCCCCCCCCCCCCCC(C)C. The van der Waals surface area contributed by atoms with Gasteiger partial charge in [0.1, 0.15) is 19.3 Å². The highest BCUT2D eigenvalue weighted by Gasteiger charge is 2.30. The molecule has 0 aromatic carbocycles. The molecule has 0 aromatic rings. The van der Waals surface area contributed by atoms with Crippen molar-refractivity contribution >= 4 is 39.5 Å². The van der Waals surface area contributed by atoms with Gasteiger partial charge in [-0.2, -0.15) is 0 Å². The summed E-state index contributed by atoms with van der Waals surface area (Å²) in [5.41, 5.74) is 0. The van der Waals surface area contributed by atoms with Crippen molar-refractivity contribution < 1.29 is 80.2 Å². The molecular weight excluding hydrogens is 1230 g/mol. The molecule has 0 bridgehead atoms. The summed E-state index contributed by atoms with van der Waals surface area (Å²) in [5, 5.41) is 10.6. The number of carbonyl (C=O) groups excluding carboxylic acids is 4. The topological polar surface area (TPSA) is 237 Å². The van der Waals surface area contributed by atoms with E-state index in [1.165, 1.54) is 154 Å². The van der Waals surface area contributed by atoms with Crippen LogP contribution in [0.2, 0.25) is 0 Å². The molecule has 19 heteroatoms. The molecule has 6 atom stereocenters. The summed E-state index contributed by atoms with van der Waals surface area (Å²) in [5.74, 6) is -0.634. The molecule has 0 aliphatic carbocycles. The van der Waals surface area contributed by atoms with E-state index in [1.54, 1.807) is 0 Å². The van der Waals surface area contributed by atoms with Gasteiger partial charge < -0.3 is 33.8 Å². The standard InChI is InChI=1S/C75H142O17P2/c1-7-10-12-14-16-18-20-22-23-27-30-34-38-45-51-57-72(77)85-63-70(91-74(79)60-54-48-40-36-32-28-24-26-29-33-37-43-49-55-67(4)5)65-89-93(81,82)87-61-69(76)62-88-94(83,84)90-66-71(64-86-73(78)58-52-46-42-41-44-50-56-68(6)9-3)92-75(80)59-53-47-39-35-31-25-21-19-17-15-13-11-8-2/h18,20,22-23,67-71,76H,7-17,19,21,24-66H2,1-6H3,(H,81,82)(H,83,84)/b20-18-,23-22-/t68?,69-,70-,71-/m1/s1. The van der Waals surface area contributed by atoms with E-state index in [-0.39, 0.29) is 25.7 Å². The zero-order valence-electron chi connectivity index (χ0n) is 60.7. The van der Waals surface area contributed by atoms with Gasteiger partial charge in [0.05, 0.1) is 26.4 Å². The van der Waals surface area contributed by atoms with Gasteiger partial charge in [0.25, 0.3) is 0 Å². The maximum absolute atomic E-state index is 13.1. The highest BCUT2D eigenvalue weighted by Crippen LogP contribution is 2.45. The molecule has 0 aliphatic heterocycles. The Morgan fingerprint density at radius 2 is 0.628 bits per heavy atom. The number of esters is 4. The Kier molecular flexibility index (Phi) is 64.7. The predicted octanol–water partition coefficient (Wildman–Crippen LogP) is 21.5. The fourth-order valence-electron chi connectivity index (χ4n) is 10.9. The van der Waals surface area contributed by atoms with Gasteiger partial charge in [-0.1, -0.05) is 310 Å². The number of phosphoric ester groups is 2. The smallest absolute Gasteiger partial charge is 0.462 e. The largest absolute Gasteiger partial charge is 0.472 e. The Hall–Kier alpha value is -2.46. The average Bonchev–Trinajstić information content (AvgIpc) is 2.20. The molecule has 0 aromatic heterocycles. The van der Waals surface area contributed by atoms with Crippen molar-refractivity contribution in [1.82, 2.24) is 0 Å². The highest BCUT2D eigenvalue weighted by atomic mass is 31.2. The van der Waals surface area contributed by atoms with Gasteiger partial charge >= 0.3 is 39.5 Å². The third-order valence-electron chi connectivity index (χ3n) is 17.2. The van der Waals surface area contributed by atoms with E-state index in [1.807, 2.05) is 0 Å². The van der Waals surface area contributed by atoms with Gasteiger partial charge in [0.2, 0.25) is 0 Å². The van der Waals surface area contributed by atoms with Gasteiger partial charge in [-0.25, -0.2) is 9.13 Å². The zero-order chi connectivity index (χ0) is 69.3. The monoisotopic (exact) mass is 1380 g/mol. The summed E-state index contributed by atoms with van der Waals surface area (Å²) >= 11 is 0. The first-order valence-electron chi connectivity index (χ1n) is 38.3. The van der Waals surface area contributed by atoms with E-state index in [4.69, 9.17) is 37.0 Å². The third-order valence-corrected chi connectivity index (χ3v) is 19.1. The molecule has 554 valence electrons. The molecule has 0 rings (SSSR count). The Balaban J connectivity index is 5.29. The first-order chi connectivity index (χ1) is 45.4. The Morgan fingerprint density at radius 1 is 0.351 bits per heavy atom. The lowest BCUT2D eigenvalue weighted by Crippen LogP contribution is -2.30. The molecule has 0 spiro atoms. The number of rotatable bonds is 72. The number of ether oxygens (including phenoxy) is 4. The van der Waals surface area contributed by atoms with Crippen LogP contribution in [0.5, 0.6) is 0 Å². The van der Waals surface area contributed by atoms with Gasteiger partial charge in [-0.15, -0.1) is 0 Å². The van der Waals surface area contributed by atoms with Crippen molar-refractivity contribution in [1.29, 1.82) is 0 Å². The summed E-state index contributed by atoms with van der Waals surface area (Å²) in [7, 11) is -9.92. The van der Waals surface area contributed by atoms with Crippen LogP contribution < -0.4 is 0 Å². The van der Waals surface area contributed by atoms with E-state index >= 15 is 0 Å². The van der Waals surface area contributed by atoms with E-state index in [0.717, 1.165) is 127 Å². The minimum absolute atomic E-state index is 0.100. The molecule has 0 radical (unpaired) electrons. The summed E-state index contributed by atoms with van der Waals surface area (Å²) in [6.45, 7) is 9.50. The fourth-order valence-corrected chi connectivity index (χ4v) is 12.5. The number of aliphatic hydroxyl groups is 1. The Labute approximate surface area is 573 Å². The van der Waals surface area contributed by atoms with Crippen molar-refractivity contribution in [2.24, 2.45) is 11.8 Å². The van der Waals surface area contributed by atoms with Crippen LogP contribution in [0.15, 0.2) is 24.3 Å². The normalized spacial score (nSPS) is 14.5. The highest BCUT2D eigenvalue weighted by molar-refractivity contribution is 7.47. The lowest BCUT2D eigenvalue weighted by molar-refractivity contribution is -0.161. The fraction of sp³-hybridized carbons (Fsp3) is 0.893. The van der Waals surface area contributed by atoms with Gasteiger partial charge in [0, 0.05) is 25.7 Å². The molecule has 0 heterocycles. The molecule has 94 heavy (non-hydrogen) atoms. The summed E-state index contributed by atoms with van der Waals surface area (Å²) < 4.78 is 68.4. The molecule has 0 amide bonds. The van der Waals surface area contributed by atoms with Crippen molar-refractivity contribution in [3.63, 3.8) is 0 Å². The molecular formula is C75H142O17P2. The minimum Gasteiger partial charge on any atom is -0.462 e. The number of unbranched alkanes of at least 4 members (excludes halogenated alkanes) is 38. The quantitative estimate of drug-likeness (QED) is 0.0169. The second kappa shape index (κ2) is 66.4. The van der Waals surface area contributed by atoms with Crippen molar-refractivity contribution in [2.75, 3.05) is 39.6 Å². The van der Waals surface area contributed by atoms with E-state index in [9.17, 15) is 43.2 Å². The Bertz CT molecular complexity index is 1920. The van der Waals surface area contributed by atoms with Gasteiger partial charge in [0.15, 0.2) is 12.2 Å². The van der Waals surface area contributed by atoms with E-state index < -0.39 is 97.5 Å². The maximum atomic E-state index is 13.1. The number of aliphatic hydroxyl groups excluding tert-OH is 1. The lowest BCUT2D eigenvalue weighted by Gasteiger charge is -2.21. The lowest BCUT2D eigenvalue weighted by atomic mass is 10.00. The van der Waals surface area contributed by atoms with E-state index in [0.29, 0.717) is 25.7 Å². The van der Waals surface area contributed by atoms with Gasteiger partial charge in [-0.05, 0) is 63.2 Å². The molecule has 0 saturated carbocycles. The Morgan fingerprint density at radius 3 is 0.957 bits per heavy atom. The third kappa shape index (κ3) is 66.8. The number of hydrogen-bond acceptors (Lipinski definition) is 15. The molecule has 0 fully saturated rings. The number of phosphoric acid groups is 2. The van der Waals surface area contributed by atoms with Crippen LogP contribution in [0.3, 0.4) is 0 Å². The van der Waals surface area contributed by atoms with Crippen LogP contribution in [-0.2, 0) is 65.4 Å². The molecule has 0 aliphatic rings. The molecule has 0 saturated heterocycles. The molecule has 3 unspecified atom stereocenters. The van der Waals surface area contributed by atoms with Crippen LogP contribution in [0, 0.1) is 11.8 Å². The zero-order valence-corrected chi connectivity index (χ0v) is 62.5. The van der Waals surface area contributed by atoms with Crippen LogP contribution in [0.4, 0.5) is 0 Å². The second-order valence-corrected chi connectivity index (χ2v) is 30.0. The summed E-state index contributed by atoms with van der Waals surface area (Å²) in [4.78, 5) is 72.7. The van der Waals surface area contributed by atoms with Crippen molar-refractivity contribution in [3.05, 3.63) is 24.3 Å². The first kappa shape index (κ1) is 91.5. The van der Waals surface area contributed by atoms with Crippen molar-refractivity contribution in [2.45, 2.75) is 381 Å². The number of allylic oxidation sites excluding steroid dienone is 4. The summed E-state index contributed by atoms with van der Waals surface area (Å²) in [6.07, 6.45) is 56.2. The number of hydrogen-bond donors (Lipinski definition) is 3. The minimum atomic E-state index is -4.96. The average molecular weight is 1380 g/mol. The first-order valence-corrected chi connectivity index (χ1v) is 41.3. The molecule has 3 N–H and O–H groups in total. The van der Waals surface area contributed by atoms with Crippen LogP contribution >= 0.6 is 15.6 Å². The molecule has 17 nitrogen and oxygen atoms in total. The predicted molar refractivity (Wildman–Crippen MR) is 381 cm³/mol. The van der Waals surface area contributed by atoms with Crippen molar-refractivity contribution in [3.8, 4) is 0 Å².